The SMILES string of the molecule is N#Cc1cc(Nc2ccc(Cl)cc2C(F)(F)F)ccn1. The van der Waals surface area contributed by atoms with Gasteiger partial charge in [-0.25, -0.2) is 4.98 Å². The zero-order chi connectivity index (χ0) is 14.8. The van der Waals surface area contributed by atoms with Crippen molar-refractivity contribution in [2.75, 3.05) is 5.32 Å². The maximum absolute atomic E-state index is 12.9. The van der Waals surface area contributed by atoms with Crippen molar-refractivity contribution in [3.63, 3.8) is 0 Å². The fraction of sp³-hybridized carbons (Fsp3) is 0.0769. The fourth-order valence-corrected chi connectivity index (χ4v) is 1.76. The molecule has 0 saturated carbocycles. The number of aromatic nitrogens is 1. The van der Waals surface area contributed by atoms with E-state index in [1.807, 2.05) is 6.07 Å². The van der Waals surface area contributed by atoms with Crippen LogP contribution in [-0.2, 0) is 6.18 Å². The number of alkyl halides is 3. The Bertz CT molecular complexity index is 677. The van der Waals surface area contributed by atoms with Crippen LogP contribution in [0.3, 0.4) is 0 Å². The highest BCUT2D eigenvalue weighted by Gasteiger charge is 2.33. The summed E-state index contributed by atoms with van der Waals surface area (Å²) in [5, 5.41) is 11.3. The topological polar surface area (TPSA) is 48.7 Å². The second-order valence-electron chi connectivity index (χ2n) is 3.85. The van der Waals surface area contributed by atoms with Gasteiger partial charge in [0, 0.05) is 16.9 Å². The number of benzene rings is 1. The molecular weight excluding hydrogens is 291 g/mol. The summed E-state index contributed by atoms with van der Waals surface area (Å²) < 4.78 is 38.7. The highest BCUT2D eigenvalue weighted by molar-refractivity contribution is 6.30. The molecule has 0 spiro atoms. The van der Waals surface area contributed by atoms with Gasteiger partial charge in [-0.15, -0.1) is 0 Å². The number of anilines is 2. The van der Waals surface area contributed by atoms with Gasteiger partial charge in [0.1, 0.15) is 11.8 Å². The highest BCUT2D eigenvalue weighted by atomic mass is 35.5. The van der Waals surface area contributed by atoms with Crippen molar-refractivity contribution >= 4 is 23.0 Å². The zero-order valence-electron chi connectivity index (χ0n) is 9.87. The fourth-order valence-electron chi connectivity index (χ4n) is 1.58. The summed E-state index contributed by atoms with van der Waals surface area (Å²) in [5.41, 5.74) is -0.570. The molecule has 0 fully saturated rings. The van der Waals surface area contributed by atoms with Gasteiger partial charge in [0.05, 0.1) is 11.3 Å². The van der Waals surface area contributed by atoms with Crippen molar-refractivity contribution in [1.29, 1.82) is 5.26 Å². The van der Waals surface area contributed by atoms with Crippen LogP contribution < -0.4 is 5.32 Å². The molecule has 2 rings (SSSR count). The van der Waals surface area contributed by atoms with Crippen molar-refractivity contribution in [1.82, 2.24) is 4.98 Å². The number of nitriles is 1. The van der Waals surface area contributed by atoms with Crippen molar-refractivity contribution in [2.45, 2.75) is 6.18 Å². The normalized spacial score (nSPS) is 10.9. The molecule has 3 nitrogen and oxygen atoms in total. The molecule has 0 bridgehead atoms. The van der Waals surface area contributed by atoms with Gasteiger partial charge in [0.25, 0.3) is 0 Å². The Morgan fingerprint density at radius 3 is 2.60 bits per heavy atom. The van der Waals surface area contributed by atoms with E-state index in [4.69, 9.17) is 16.9 Å². The molecule has 0 unspecified atom stereocenters. The first-order valence-corrected chi connectivity index (χ1v) is 5.78. The molecule has 0 radical (unpaired) electrons. The lowest BCUT2D eigenvalue weighted by Crippen LogP contribution is -2.08. The van der Waals surface area contributed by atoms with E-state index in [-0.39, 0.29) is 16.4 Å². The number of nitrogens with zero attached hydrogens (tertiary/aromatic N) is 2. The van der Waals surface area contributed by atoms with Crippen LogP contribution in [0, 0.1) is 11.3 Å². The Balaban J connectivity index is 2.41. The van der Waals surface area contributed by atoms with Gasteiger partial charge in [-0.1, -0.05) is 11.6 Å². The van der Waals surface area contributed by atoms with E-state index in [2.05, 4.69) is 10.3 Å². The molecule has 0 saturated heterocycles. The van der Waals surface area contributed by atoms with E-state index >= 15 is 0 Å². The molecule has 20 heavy (non-hydrogen) atoms. The summed E-state index contributed by atoms with van der Waals surface area (Å²) in [4.78, 5) is 3.74. The Labute approximate surface area is 117 Å². The van der Waals surface area contributed by atoms with Crippen LogP contribution in [0.25, 0.3) is 0 Å². The van der Waals surface area contributed by atoms with Crippen LogP contribution in [0.1, 0.15) is 11.3 Å². The number of hydrogen-bond acceptors (Lipinski definition) is 3. The molecule has 0 atom stereocenters. The monoisotopic (exact) mass is 297 g/mol. The van der Waals surface area contributed by atoms with Crippen LogP contribution in [0.2, 0.25) is 5.02 Å². The minimum Gasteiger partial charge on any atom is -0.355 e. The molecular formula is C13H7ClF3N3. The van der Waals surface area contributed by atoms with E-state index in [0.29, 0.717) is 5.69 Å². The maximum atomic E-state index is 12.9. The van der Waals surface area contributed by atoms with Crippen LogP contribution >= 0.6 is 11.6 Å². The number of nitrogens with one attached hydrogen (secondary N) is 1. The number of pyridine rings is 1. The molecule has 7 heteroatoms. The molecule has 0 aliphatic heterocycles. The molecule has 0 aliphatic carbocycles. The number of halogens is 4. The third-order valence-electron chi connectivity index (χ3n) is 2.44. The molecule has 2 aromatic rings. The summed E-state index contributed by atoms with van der Waals surface area (Å²) >= 11 is 5.59. The summed E-state index contributed by atoms with van der Waals surface area (Å²) in [7, 11) is 0. The summed E-state index contributed by atoms with van der Waals surface area (Å²) in [6.07, 6.45) is -3.19. The van der Waals surface area contributed by atoms with Crippen molar-refractivity contribution in [2.24, 2.45) is 0 Å². The van der Waals surface area contributed by atoms with Crippen LogP contribution in [-0.4, -0.2) is 4.98 Å². The quantitative estimate of drug-likeness (QED) is 0.895. The third-order valence-corrected chi connectivity index (χ3v) is 2.68. The molecule has 1 aromatic carbocycles. The predicted octanol–water partition coefficient (Wildman–Crippen LogP) is 4.37. The van der Waals surface area contributed by atoms with Gasteiger partial charge < -0.3 is 5.32 Å². The summed E-state index contributed by atoms with van der Waals surface area (Å²) in [6.45, 7) is 0. The smallest absolute Gasteiger partial charge is 0.355 e. The van der Waals surface area contributed by atoms with Crippen molar-refractivity contribution in [3.8, 4) is 6.07 Å². The van der Waals surface area contributed by atoms with Gasteiger partial charge in [-0.3, -0.25) is 0 Å². The molecule has 1 heterocycles. The third kappa shape index (κ3) is 3.19. The average molecular weight is 298 g/mol. The first kappa shape index (κ1) is 14.2. The number of rotatable bonds is 2. The molecule has 1 N–H and O–H groups in total. The maximum Gasteiger partial charge on any atom is 0.418 e. The Kier molecular flexibility index (Phi) is 3.81. The Morgan fingerprint density at radius 2 is 1.95 bits per heavy atom. The second kappa shape index (κ2) is 5.39. The van der Waals surface area contributed by atoms with E-state index in [0.717, 1.165) is 6.07 Å². The largest absolute Gasteiger partial charge is 0.418 e. The first-order chi connectivity index (χ1) is 9.40. The van der Waals surface area contributed by atoms with Gasteiger partial charge in [-0.2, -0.15) is 18.4 Å². The van der Waals surface area contributed by atoms with Gasteiger partial charge >= 0.3 is 6.18 Å². The molecule has 0 aliphatic rings. The van der Waals surface area contributed by atoms with E-state index in [1.54, 1.807) is 0 Å². The highest BCUT2D eigenvalue weighted by Crippen LogP contribution is 2.37. The molecule has 0 amide bonds. The van der Waals surface area contributed by atoms with Gasteiger partial charge in [0.15, 0.2) is 0 Å². The number of hydrogen-bond donors (Lipinski definition) is 1. The van der Waals surface area contributed by atoms with Crippen LogP contribution in [0.15, 0.2) is 36.5 Å². The van der Waals surface area contributed by atoms with E-state index in [1.165, 1.54) is 30.5 Å². The minimum atomic E-state index is -4.53. The second-order valence-corrected chi connectivity index (χ2v) is 4.29. The van der Waals surface area contributed by atoms with Gasteiger partial charge in [0.2, 0.25) is 0 Å². The summed E-state index contributed by atoms with van der Waals surface area (Å²) in [5.74, 6) is 0. The van der Waals surface area contributed by atoms with Gasteiger partial charge in [-0.05, 0) is 30.3 Å². The Morgan fingerprint density at radius 1 is 1.20 bits per heavy atom. The Hall–Kier alpha value is -2.26. The van der Waals surface area contributed by atoms with Crippen molar-refractivity contribution in [3.05, 3.63) is 52.8 Å². The zero-order valence-corrected chi connectivity index (χ0v) is 10.6. The standard InChI is InChI=1S/C13H7ClF3N3/c14-8-1-2-12(11(5-8)13(15,16)17)20-9-3-4-19-10(6-9)7-18/h1-6H,(H,19,20). The van der Waals surface area contributed by atoms with Crippen LogP contribution in [0.4, 0.5) is 24.5 Å². The lowest BCUT2D eigenvalue weighted by atomic mass is 10.1. The van der Waals surface area contributed by atoms with Crippen LogP contribution in [0.5, 0.6) is 0 Å². The first-order valence-electron chi connectivity index (χ1n) is 5.40. The lowest BCUT2D eigenvalue weighted by molar-refractivity contribution is -0.136. The lowest BCUT2D eigenvalue weighted by Gasteiger charge is -2.15. The molecule has 102 valence electrons. The predicted molar refractivity (Wildman–Crippen MR) is 68.7 cm³/mol. The summed E-state index contributed by atoms with van der Waals surface area (Å²) in [6, 6.07) is 8.07. The van der Waals surface area contributed by atoms with Crippen molar-refractivity contribution < 1.29 is 13.2 Å². The van der Waals surface area contributed by atoms with E-state index in [9.17, 15) is 13.2 Å². The average Bonchev–Trinajstić information content (AvgIpc) is 2.40. The van der Waals surface area contributed by atoms with E-state index < -0.39 is 11.7 Å². The minimum absolute atomic E-state index is 0.00434. The molecule has 1 aromatic heterocycles.